The Morgan fingerprint density at radius 2 is 0.707 bits per heavy atom. The highest BCUT2D eigenvalue weighted by molar-refractivity contribution is 8.09. The molecule has 0 radical (unpaired) electrons. The van der Waals surface area contributed by atoms with Crippen molar-refractivity contribution in [2.75, 3.05) is 19.4 Å². The van der Waals surface area contributed by atoms with Gasteiger partial charge in [0.25, 0.3) is 0 Å². The molecule has 0 aliphatic heterocycles. The summed E-state index contributed by atoms with van der Waals surface area (Å²) in [5.41, 5.74) is 0. The first-order valence-electron chi connectivity index (χ1n) is 18.5. The van der Waals surface area contributed by atoms with Crippen molar-refractivity contribution in [3.63, 3.8) is 0 Å². The zero-order chi connectivity index (χ0) is 30.0. The van der Waals surface area contributed by atoms with Crippen LogP contribution in [0.25, 0.3) is 0 Å². The standard InChI is InChI=1S/C36H73O2PS2/c1-3-5-7-9-11-13-17-21-25-29-33-37-39(41,35-31-27-23-19-15-16-20-24-28-32-36-40)38-34-30-26-22-18-14-12-10-8-6-4-2/h36H,3-35H2,1-2H3. The fourth-order valence-corrected chi connectivity index (χ4v) is 8.28. The molecule has 0 aromatic heterocycles. The molecule has 0 amide bonds. The predicted molar refractivity (Wildman–Crippen MR) is 195 cm³/mol. The maximum Gasteiger partial charge on any atom is 0.188 e. The van der Waals surface area contributed by atoms with Crippen LogP contribution in [-0.4, -0.2) is 24.7 Å². The van der Waals surface area contributed by atoms with Crippen molar-refractivity contribution in [2.45, 2.75) is 206 Å². The van der Waals surface area contributed by atoms with Crippen LogP contribution in [0.2, 0.25) is 0 Å². The third-order valence-corrected chi connectivity index (χ3v) is 11.8. The van der Waals surface area contributed by atoms with Crippen LogP contribution in [0.15, 0.2) is 0 Å². The fourth-order valence-electron chi connectivity index (χ4n) is 5.52. The smallest absolute Gasteiger partial charge is 0.188 e. The van der Waals surface area contributed by atoms with Crippen molar-refractivity contribution in [3.8, 4) is 0 Å². The van der Waals surface area contributed by atoms with Gasteiger partial charge in [0.15, 0.2) is 6.49 Å². The van der Waals surface area contributed by atoms with Crippen LogP contribution in [0.5, 0.6) is 0 Å². The van der Waals surface area contributed by atoms with Crippen molar-refractivity contribution in [1.29, 1.82) is 0 Å². The van der Waals surface area contributed by atoms with E-state index in [1.54, 1.807) is 0 Å². The summed E-state index contributed by atoms with van der Waals surface area (Å²) in [6, 6.07) is 0. The largest absolute Gasteiger partial charge is 0.329 e. The molecule has 0 rings (SSSR count). The summed E-state index contributed by atoms with van der Waals surface area (Å²) in [5.74, 6) is 0. The Bertz CT molecular complexity index is 528. The molecule has 2 nitrogen and oxygen atoms in total. The molecule has 41 heavy (non-hydrogen) atoms. The molecule has 0 saturated heterocycles. The number of unbranched alkanes of at least 4 members (excludes halogenated alkanes) is 27. The summed E-state index contributed by atoms with van der Waals surface area (Å²) < 4.78 is 12.8. The zero-order valence-corrected chi connectivity index (χ0v) is 30.5. The molecule has 0 aromatic carbocycles. The van der Waals surface area contributed by atoms with E-state index in [1.165, 1.54) is 173 Å². The number of hydrogen-bond donors (Lipinski definition) is 0. The molecule has 0 aliphatic carbocycles. The molecular formula is C36H73O2PS2. The minimum absolute atomic E-state index is 0.801. The van der Waals surface area contributed by atoms with Crippen molar-refractivity contribution in [1.82, 2.24) is 0 Å². The molecule has 0 aliphatic rings. The summed E-state index contributed by atoms with van der Waals surface area (Å²) in [6.07, 6.45) is 41.0. The summed E-state index contributed by atoms with van der Waals surface area (Å²) in [4.78, 5) is 0. The molecule has 0 atom stereocenters. The maximum atomic E-state index is 6.38. The van der Waals surface area contributed by atoms with Crippen LogP contribution in [0, 0.1) is 0 Å². The third-order valence-electron chi connectivity index (χ3n) is 8.33. The van der Waals surface area contributed by atoms with E-state index < -0.39 is 6.49 Å². The summed E-state index contributed by atoms with van der Waals surface area (Å²) in [5, 5.41) is 1.88. The van der Waals surface area contributed by atoms with Gasteiger partial charge in [0.2, 0.25) is 0 Å². The van der Waals surface area contributed by atoms with E-state index >= 15 is 0 Å². The van der Waals surface area contributed by atoms with Gasteiger partial charge in [-0.2, -0.15) is 0 Å². The van der Waals surface area contributed by atoms with E-state index in [1.807, 2.05) is 5.37 Å². The normalized spacial score (nSPS) is 11.9. The monoisotopic (exact) mass is 632 g/mol. The molecule has 0 bridgehead atoms. The lowest BCUT2D eigenvalue weighted by Gasteiger charge is -2.23. The lowest BCUT2D eigenvalue weighted by molar-refractivity contribution is 0.236. The van der Waals surface area contributed by atoms with Gasteiger partial charge in [0.05, 0.1) is 13.2 Å². The van der Waals surface area contributed by atoms with Crippen LogP contribution in [-0.2, 0) is 20.9 Å². The molecule has 0 fully saturated rings. The topological polar surface area (TPSA) is 18.5 Å². The van der Waals surface area contributed by atoms with E-state index in [4.69, 9.17) is 33.1 Å². The highest BCUT2D eigenvalue weighted by atomic mass is 32.5. The minimum Gasteiger partial charge on any atom is -0.329 e. The minimum atomic E-state index is -2.13. The summed E-state index contributed by atoms with van der Waals surface area (Å²) in [6.45, 7) is 4.06. The van der Waals surface area contributed by atoms with Crippen LogP contribution in [0.1, 0.15) is 206 Å². The van der Waals surface area contributed by atoms with Crippen molar-refractivity contribution < 1.29 is 9.05 Å². The Kier molecular flexibility index (Phi) is 35.7. The predicted octanol–water partition coefficient (Wildman–Crippen LogP) is 14.1. The Hall–Kier alpha value is 0.660. The lowest BCUT2D eigenvalue weighted by atomic mass is 10.1. The third kappa shape index (κ3) is 33.4. The lowest BCUT2D eigenvalue weighted by Crippen LogP contribution is -2.03. The van der Waals surface area contributed by atoms with Gasteiger partial charge in [-0.15, -0.1) is 0 Å². The van der Waals surface area contributed by atoms with Crippen LogP contribution in [0.3, 0.4) is 0 Å². The van der Waals surface area contributed by atoms with Crippen molar-refractivity contribution >= 4 is 35.9 Å². The summed E-state index contributed by atoms with van der Waals surface area (Å²) in [7, 11) is 0. The Morgan fingerprint density at radius 3 is 1.05 bits per heavy atom. The van der Waals surface area contributed by atoms with Crippen LogP contribution < -0.4 is 0 Å². The number of thiocarbonyl (C=S) groups is 1. The molecule has 246 valence electrons. The van der Waals surface area contributed by atoms with Gasteiger partial charge in [-0.05, 0) is 49.3 Å². The Labute approximate surface area is 269 Å². The van der Waals surface area contributed by atoms with Crippen molar-refractivity contribution in [3.05, 3.63) is 0 Å². The Balaban J connectivity index is 4.08. The molecule has 0 heterocycles. The molecule has 0 spiro atoms. The summed E-state index contributed by atoms with van der Waals surface area (Å²) >= 11 is 11.0. The SMILES string of the molecule is CCCCCCCCCCCCOP(=S)(CCCCCCCCCCCC=S)OCCCCCCCCCCCC. The molecule has 0 saturated carbocycles. The van der Waals surface area contributed by atoms with E-state index in [0.717, 1.165) is 38.6 Å². The van der Waals surface area contributed by atoms with E-state index in [-0.39, 0.29) is 0 Å². The quantitative estimate of drug-likeness (QED) is 0.0388. The molecular weight excluding hydrogens is 560 g/mol. The highest BCUT2D eigenvalue weighted by Crippen LogP contribution is 2.50. The van der Waals surface area contributed by atoms with Crippen LogP contribution >= 0.6 is 18.7 Å². The number of rotatable bonds is 36. The van der Waals surface area contributed by atoms with E-state index in [9.17, 15) is 0 Å². The number of hydrogen-bond acceptors (Lipinski definition) is 4. The van der Waals surface area contributed by atoms with Crippen LogP contribution in [0.4, 0.5) is 0 Å². The fraction of sp³-hybridized carbons (Fsp3) is 0.972. The van der Waals surface area contributed by atoms with Gasteiger partial charge in [-0.25, -0.2) is 0 Å². The van der Waals surface area contributed by atoms with Gasteiger partial charge in [-0.3, -0.25) is 0 Å². The van der Waals surface area contributed by atoms with Gasteiger partial charge >= 0.3 is 0 Å². The molecule has 5 heteroatoms. The van der Waals surface area contributed by atoms with E-state index in [2.05, 4.69) is 13.8 Å². The molecule has 0 aromatic rings. The molecule has 0 unspecified atom stereocenters. The first kappa shape index (κ1) is 41.7. The highest BCUT2D eigenvalue weighted by Gasteiger charge is 2.18. The van der Waals surface area contributed by atoms with Gasteiger partial charge in [0, 0.05) is 6.16 Å². The maximum absolute atomic E-state index is 6.38. The average Bonchev–Trinajstić information content (AvgIpc) is 2.97. The first-order chi connectivity index (χ1) is 20.2. The second-order valence-electron chi connectivity index (χ2n) is 12.5. The average molecular weight is 633 g/mol. The van der Waals surface area contributed by atoms with Gasteiger partial charge < -0.3 is 9.05 Å². The molecule has 0 N–H and O–H groups in total. The Morgan fingerprint density at radius 1 is 0.415 bits per heavy atom. The van der Waals surface area contributed by atoms with Gasteiger partial charge in [0.1, 0.15) is 0 Å². The second kappa shape index (κ2) is 35.1. The van der Waals surface area contributed by atoms with E-state index in [0.29, 0.717) is 0 Å². The zero-order valence-electron chi connectivity index (χ0n) is 28.0. The first-order valence-corrected chi connectivity index (χ1v) is 21.8. The second-order valence-corrected chi connectivity index (χ2v) is 16.7. The van der Waals surface area contributed by atoms with Crippen molar-refractivity contribution in [2.24, 2.45) is 0 Å². The van der Waals surface area contributed by atoms with Gasteiger partial charge in [-0.1, -0.05) is 187 Å².